The molecule has 4 nitrogen and oxygen atoms in total. The monoisotopic (exact) mass is 386 g/mol. The zero-order chi connectivity index (χ0) is 17.9. The number of hydrogen-bond acceptors (Lipinski definition) is 4. The van der Waals surface area contributed by atoms with Crippen molar-refractivity contribution < 1.29 is 17.2 Å². The molecule has 0 bridgehead atoms. The molecule has 0 saturated carbocycles. The largest absolute Gasteiger partial charge is 0.295 e. The van der Waals surface area contributed by atoms with E-state index in [-0.39, 0.29) is 12.6 Å². The van der Waals surface area contributed by atoms with Gasteiger partial charge in [-0.1, -0.05) is 6.42 Å². The second-order valence-corrected chi connectivity index (χ2v) is 8.61. The van der Waals surface area contributed by atoms with Crippen LogP contribution in [0.15, 0.2) is 39.9 Å². The molecule has 1 atom stereocenters. The summed E-state index contributed by atoms with van der Waals surface area (Å²) in [5, 5.41) is 3.96. The van der Waals surface area contributed by atoms with Crippen LogP contribution in [0.3, 0.4) is 0 Å². The lowest BCUT2D eigenvalue weighted by molar-refractivity contribution is 0.165. The topological polar surface area (TPSA) is 49.4 Å². The quantitative estimate of drug-likeness (QED) is 0.826. The number of halogens is 2. The van der Waals surface area contributed by atoms with Crippen LogP contribution in [-0.2, 0) is 10.0 Å². The van der Waals surface area contributed by atoms with Crippen LogP contribution < -0.4 is 4.72 Å². The van der Waals surface area contributed by atoms with Gasteiger partial charge in [-0.05, 0) is 60.5 Å². The third-order valence-electron chi connectivity index (χ3n) is 4.41. The highest BCUT2D eigenvalue weighted by atomic mass is 32.2. The summed E-state index contributed by atoms with van der Waals surface area (Å²) in [5.74, 6) is -1.89. The third kappa shape index (κ3) is 4.44. The highest BCUT2D eigenvalue weighted by Crippen LogP contribution is 2.26. The molecular weight excluding hydrogens is 366 g/mol. The molecule has 1 N–H and O–H groups in total. The van der Waals surface area contributed by atoms with E-state index >= 15 is 0 Å². The molecule has 3 rings (SSSR count). The predicted octanol–water partition coefficient (Wildman–Crippen LogP) is 3.53. The fraction of sp³-hybridized carbons (Fsp3) is 0.412. The molecule has 1 aromatic carbocycles. The highest BCUT2D eigenvalue weighted by molar-refractivity contribution is 7.89. The summed E-state index contributed by atoms with van der Waals surface area (Å²) in [7, 11) is -4.05. The van der Waals surface area contributed by atoms with Crippen molar-refractivity contribution in [2.75, 3.05) is 19.6 Å². The summed E-state index contributed by atoms with van der Waals surface area (Å²) in [5.41, 5.74) is 1.05. The van der Waals surface area contributed by atoms with E-state index in [1.54, 1.807) is 11.3 Å². The van der Waals surface area contributed by atoms with Gasteiger partial charge in [0.2, 0.25) is 10.0 Å². The highest BCUT2D eigenvalue weighted by Gasteiger charge is 2.26. The second-order valence-electron chi connectivity index (χ2n) is 6.10. The number of thiophene rings is 1. The van der Waals surface area contributed by atoms with Gasteiger partial charge in [0.25, 0.3) is 0 Å². The summed E-state index contributed by atoms with van der Waals surface area (Å²) in [6.07, 6.45) is 3.35. The Morgan fingerprint density at radius 1 is 1.16 bits per heavy atom. The van der Waals surface area contributed by atoms with Crippen molar-refractivity contribution in [2.45, 2.75) is 30.2 Å². The summed E-state index contributed by atoms with van der Waals surface area (Å²) in [6, 6.07) is 4.36. The summed E-state index contributed by atoms with van der Waals surface area (Å²) < 4.78 is 54.2. The molecule has 1 aliphatic heterocycles. The van der Waals surface area contributed by atoms with Gasteiger partial charge in [-0.25, -0.2) is 21.9 Å². The maximum Gasteiger partial charge on any atom is 0.243 e. The lowest BCUT2D eigenvalue weighted by Gasteiger charge is -2.34. The van der Waals surface area contributed by atoms with Gasteiger partial charge in [-0.15, -0.1) is 0 Å². The van der Waals surface area contributed by atoms with Gasteiger partial charge in [-0.2, -0.15) is 11.3 Å². The molecule has 0 spiro atoms. The molecule has 1 fully saturated rings. The summed E-state index contributed by atoms with van der Waals surface area (Å²) in [6.45, 7) is 1.97. The Kier molecular flexibility index (Phi) is 5.83. The molecule has 0 amide bonds. The fourth-order valence-corrected chi connectivity index (χ4v) is 4.91. The van der Waals surface area contributed by atoms with Gasteiger partial charge in [0.05, 0.1) is 0 Å². The standard InChI is InChI=1S/C17H20F2N2O2S2/c18-14-4-5-17(15(19)10-14)25(22,23)20-11-16(13-6-9-24-12-13)21-7-2-1-3-8-21/h4-6,9-10,12,16,20H,1-3,7-8,11H2. The Balaban J connectivity index is 1.78. The van der Waals surface area contributed by atoms with Crippen molar-refractivity contribution in [3.63, 3.8) is 0 Å². The average molecular weight is 386 g/mol. The van der Waals surface area contributed by atoms with E-state index in [1.165, 1.54) is 6.42 Å². The minimum atomic E-state index is -4.05. The molecule has 25 heavy (non-hydrogen) atoms. The first-order chi connectivity index (χ1) is 12.0. The zero-order valence-electron chi connectivity index (χ0n) is 13.6. The molecule has 0 radical (unpaired) electrons. The van der Waals surface area contributed by atoms with Crippen molar-refractivity contribution in [2.24, 2.45) is 0 Å². The minimum Gasteiger partial charge on any atom is -0.295 e. The molecule has 1 aromatic heterocycles. The van der Waals surface area contributed by atoms with Crippen molar-refractivity contribution in [3.8, 4) is 0 Å². The van der Waals surface area contributed by atoms with Crippen molar-refractivity contribution in [1.29, 1.82) is 0 Å². The van der Waals surface area contributed by atoms with E-state index in [9.17, 15) is 17.2 Å². The van der Waals surface area contributed by atoms with Crippen LogP contribution in [-0.4, -0.2) is 33.0 Å². The van der Waals surface area contributed by atoms with Gasteiger partial charge in [-0.3, -0.25) is 4.90 Å². The lowest BCUT2D eigenvalue weighted by Crippen LogP contribution is -2.40. The van der Waals surface area contributed by atoms with Gasteiger partial charge in [0.1, 0.15) is 16.5 Å². The number of nitrogens with one attached hydrogen (secondary N) is 1. The van der Waals surface area contributed by atoms with Crippen LogP contribution in [0.4, 0.5) is 8.78 Å². The van der Waals surface area contributed by atoms with E-state index in [4.69, 9.17) is 0 Å². The molecule has 0 aliphatic carbocycles. The van der Waals surface area contributed by atoms with Crippen LogP contribution in [0.5, 0.6) is 0 Å². The van der Waals surface area contributed by atoms with Crippen LogP contribution in [0.2, 0.25) is 0 Å². The Morgan fingerprint density at radius 2 is 1.92 bits per heavy atom. The number of sulfonamides is 1. The number of piperidine rings is 1. The molecular formula is C17H20F2N2O2S2. The number of benzene rings is 1. The van der Waals surface area contributed by atoms with Crippen LogP contribution >= 0.6 is 11.3 Å². The molecule has 136 valence electrons. The van der Waals surface area contributed by atoms with Gasteiger partial charge >= 0.3 is 0 Å². The van der Waals surface area contributed by atoms with E-state index in [2.05, 4.69) is 9.62 Å². The first kappa shape index (κ1) is 18.4. The number of rotatable bonds is 6. The number of likely N-dealkylation sites (tertiary alicyclic amines) is 1. The second kappa shape index (κ2) is 7.90. The van der Waals surface area contributed by atoms with E-state index < -0.39 is 26.6 Å². The molecule has 8 heteroatoms. The maximum absolute atomic E-state index is 13.8. The van der Waals surface area contributed by atoms with Crippen LogP contribution in [0.1, 0.15) is 30.9 Å². The molecule has 1 unspecified atom stereocenters. The fourth-order valence-electron chi connectivity index (χ4n) is 3.11. The predicted molar refractivity (Wildman–Crippen MR) is 94.0 cm³/mol. The van der Waals surface area contributed by atoms with Crippen molar-refractivity contribution in [3.05, 3.63) is 52.2 Å². The molecule has 1 saturated heterocycles. The van der Waals surface area contributed by atoms with E-state index in [0.717, 1.165) is 43.6 Å². The Morgan fingerprint density at radius 3 is 2.56 bits per heavy atom. The summed E-state index contributed by atoms with van der Waals surface area (Å²) >= 11 is 1.56. The van der Waals surface area contributed by atoms with Gasteiger partial charge < -0.3 is 0 Å². The average Bonchev–Trinajstić information content (AvgIpc) is 3.10. The third-order valence-corrected chi connectivity index (χ3v) is 6.57. The minimum absolute atomic E-state index is 0.0927. The first-order valence-corrected chi connectivity index (χ1v) is 10.6. The Bertz CT molecular complexity index is 804. The first-order valence-electron chi connectivity index (χ1n) is 8.18. The number of hydrogen-bond donors (Lipinski definition) is 1. The van der Waals surface area contributed by atoms with Crippen LogP contribution in [0.25, 0.3) is 0 Å². The Hall–Kier alpha value is -1.35. The summed E-state index contributed by atoms with van der Waals surface area (Å²) in [4.78, 5) is 1.73. The van der Waals surface area contributed by atoms with Gasteiger partial charge in [0, 0.05) is 18.7 Å². The van der Waals surface area contributed by atoms with Crippen LogP contribution in [0, 0.1) is 11.6 Å². The zero-order valence-corrected chi connectivity index (χ0v) is 15.3. The lowest BCUT2D eigenvalue weighted by atomic mass is 10.0. The van der Waals surface area contributed by atoms with E-state index in [0.29, 0.717) is 6.07 Å². The van der Waals surface area contributed by atoms with Crippen molar-refractivity contribution in [1.82, 2.24) is 9.62 Å². The number of nitrogens with zero attached hydrogens (tertiary/aromatic N) is 1. The molecule has 1 aliphatic rings. The SMILES string of the molecule is O=S(=O)(NCC(c1ccsc1)N1CCCCC1)c1ccc(F)cc1F. The maximum atomic E-state index is 13.8. The van der Waals surface area contributed by atoms with Gasteiger partial charge in [0.15, 0.2) is 0 Å². The molecule has 2 heterocycles. The van der Waals surface area contributed by atoms with Crippen molar-refractivity contribution >= 4 is 21.4 Å². The smallest absolute Gasteiger partial charge is 0.243 e. The normalized spacial score (nSPS) is 17.5. The Labute approximate surface area is 150 Å². The van der Waals surface area contributed by atoms with E-state index in [1.807, 2.05) is 16.8 Å². The molecule has 2 aromatic rings.